The fraction of sp³-hybridized carbons (Fsp3) is 0.125. The molecule has 0 unspecified atom stereocenters. The van der Waals surface area contributed by atoms with Crippen molar-refractivity contribution in [2.45, 2.75) is 6.61 Å². The monoisotopic (exact) mass is 352 g/mol. The van der Waals surface area contributed by atoms with Crippen LogP contribution in [0.3, 0.4) is 0 Å². The van der Waals surface area contributed by atoms with Gasteiger partial charge < -0.3 is 9.47 Å². The van der Waals surface area contributed by atoms with Gasteiger partial charge in [-0.15, -0.1) is 0 Å². The molecule has 0 heterocycles. The SMILES string of the molecule is COc1cc(Br)c(/C=C/Cl)cc1OCc1ccccc1. The second-order valence-corrected chi connectivity index (χ2v) is 5.20. The Kier molecular flexibility index (Phi) is 5.50. The van der Waals surface area contributed by atoms with Crippen LogP contribution < -0.4 is 9.47 Å². The maximum absolute atomic E-state index is 5.83. The maximum atomic E-state index is 5.83. The van der Waals surface area contributed by atoms with Gasteiger partial charge in [-0.05, 0) is 29.3 Å². The smallest absolute Gasteiger partial charge is 0.162 e. The van der Waals surface area contributed by atoms with E-state index in [9.17, 15) is 0 Å². The van der Waals surface area contributed by atoms with Crippen LogP contribution in [0.1, 0.15) is 11.1 Å². The van der Waals surface area contributed by atoms with E-state index in [2.05, 4.69) is 15.9 Å². The molecule has 0 aliphatic heterocycles. The first-order valence-corrected chi connectivity index (χ1v) is 7.28. The first kappa shape index (κ1) is 14.9. The van der Waals surface area contributed by atoms with E-state index in [0.29, 0.717) is 18.1 Å². The van der Waals surface area contributed by atoms with Gasteiger partial charge in [-0.2, -0.15) is 0 Å². The highest BCUT2D eigenvalue weighted by molar-refractivity contribution is 9.10. The zero-order chi connectivity index (χ0) is 14.4. The van der Waals surface area contributed by atoms with Crippen molar-refractivity contribution in [2.75, 3.05) is 7.11 Å². The number of hydrogen-bond donors (Lipinski definition) is 0. The lowest BCUT2D eigenvalue weighted by molar-refractivity contribution is 0.284. The van der Waals surface area contributed by atoms with Crippen LogP contribution in [0.2, 0.25) is 0 Å². The van der Waals surface area contributed by atoms with Crippen molar-refractivity contribution in [1.29, 1.82) is 0 Å². The van der Waals surface area contributed by atoms with Crippen molar-refractivity contribution in [3.63, 3.8) is 0 Å². The van der Waals surface area contributed by atoms with Gasteiger partial charge in [0, 0.05) is 10.0 Å². The number of hydrogen-bond acceptors (Lipinski definition) is 2. The highest BCUT2D eigenvalue weighted by Gasteiger charge is 2.09. The standard InChI is InChI=1S/C16H14BrClO2/c1-19-15-10-14(17)13(7-8-18)9-16(15)20-11-12-5-3-2-4-6-12/h2-10H,11H2,1H3/b8-7+. The van der Waals surface area contributed by atoms with E-state index < -0.39 is 0 Å². The van der Waals surface area contributed by atoms with Gasteiger partial charge >= 0.3 is 0 Å². The summed E-state index contributed by atoms with van der Waals surface area (Å²) in [5.41, 5.74) is 3.50. The van der Waals surface area contributed by atoms with Gasteiger partial charge in [0.25, 0.3) is 0 Å². The van der Waals surface area contributed by atoms with Crippen LogP contribution in [-0.4, -0.2) is 7.11 Å². The summed E-state index contributed by atoms with van der Waals surface area (Å²) in [7, 11) is 1.62. The Hall–Kier alpha value is -1.45. The number of rotatable bonds is 5. The molecule has 2 nitrogen and oxygen atoms in total. The van der Waals surface area contributed by atoms with Gasteiger partial charge in [0.2, 0.25) is 0 Å². The lowest BCUT2D eigenvalue weighted by Crippen LogP contribution is -1.98. The van der Waals surface area contributed by atoms with Crippen molar-refractivity contribution < 1.29 is 9.47 Å². The molecule has 4 heteroatoms. The van der Waals surface area contributed by atoms with Gasteiger partial charge in [-0.1, -0.05) is 57.9 Å². The van der Waals surface area contributed by atoms with Crippen LogP contribution in [0.25, 0.3) is 6.08 Å². The fourth-order valence-corrected chi connectivity index (χ4v) is 2.34. The van der Waals surface area contributed by atoms with Crippen molar-refractivity contribution in [3.05, 3.63) is 63.6 Å². The second kappa shape index (κ2) is 7.36. The van der Waals surface area contributed by atoms with Gasteiger partial charge in [-0.3, -0.25) is 0 Å². The number of methoxy groups -OCH3 is 1. The topological polar surface area (TPSA) is 18.5 Å². The largest absolute Gasteiger partial charge is 0.493 e. The molecule has 2 aromatic rings. The summed E-state index contributed by atoms with van der Waals surface area (Å²) in [6.45, 7) is 0.489. The molecule has 2 rings (SSSR count). The summed E-state index contributed by atoms with van der Waals surface area (Å²) in [5, 5.41) is 0. The molecule has 0 amide bonds. The molecule has 0 fully saturated rings. The Morgan fingerprint density at radius 2 is 1.90 bits per heavy atom. The molecule has 0 N–H and O–H groups in total. The van der Waals surface area contributed by atoms with Crippen molar-refractivity contribution >= 4 is 33.6 Å². The third kappa shape index (κ3) is 3.78. The van der Waals surface area contributed by atoms with Crippen molar-refractivity contribution in [3.8, 4) is 11.5 Å². The van der Waals surface area contributed by atoms with E-state index in [-0.39, 0.29) is 0 Å². The quantitative estimate of drug-likeness (QED) is 0.731. The van der Waals surface area contributed by atoms with E-state index in [4.69, 9.17) is 21.1 Å². The van der Waals surface area contributed by atoms with E-state index in [1.54, 1.807) is 13.2 Å². The first-order valence-electron chi connectivity index (χ1n) is 6.05. The highest BCUT2D eigenvalue weighted by atomic mass is 79.9. The van der Waals surface area contributed by atoms with Crippen LogP contribution in [-0.2, 0) is 6.61 Å². The molecule has 0 spiro atoms. The molecule has 2 aromatic carbocycles. The lowest BCUT2D eigenvalue weighted by Gasteiger charge is -2.12. The second-order valence-electron chi connectivity index (χ2n) is 4.09. The predicted octanol–water partition coefficient (Wildman–Crippen LogP) is 5.25. The minimum Gasteiger partial charge on any atom is -0.493 e. The molecule has 104 valence electrons. The Bertz CT molecular complexity index is 597. The van der Waals surface area contributed by atoms with Crippen LogP contribution in [0.15, 0.2) is 52.5 Å². The van der Waals surface area contributed by atoms with Crippen molar-refractivity contribution in [2.24, 2.45) is 0 Å². The Morgan fingerprint density at radius 1 is 1.15 bits per heavy atom. The minimum atomic E-state index is 0.489. The Morgan fingerprint density at radius 3 is 2.55 bits per heavy atom. The molecule has 0 aliphatic rings. The predicted molar refractivity (Wildman–Crippen MR) is 86.4 cm³/mol. The molecule has 0 saturated heterocycles. The molecule has 20 heavy (non-hydrogen) atoms. The summed E-state index contributed by atoms with van der Waals surface area (Å²) in [6, 6.07) is 13.7. The number of ether oxygens (including phenoxy) is 2. The fourth-order valence-electron chi connectivity index (χ4n) is 1.75. The molecule has 0 atom stereocenters. The maximum Gasteiger partial charge on any atom is 0.162 e. The molecule has 0 bridgehead atoms. The van der Waals surface area contributed by atoms with Crippen LogP contribution in [0, 0.1) is 0 Å². The van der Waals surface area contributed by atoms with E-state index in [1.807, 2.05) is 42.5 Å². The molecule has 0 radical (unpaired) electrons. The van der Waals surface area contributed by atoms with Crippen LogP contribution >= 0.6 is 27.5 Å². The van der Waals surface area contributed by atoms with Crippen LogP contribution in [0.4, 0.5) is 0 Å². The molecule has 0 aliphatic carbocycles. The average Bonchev–Trinajstić information content (AvgIpc) is 2.48. The average molecular weight is 354 g/mol. The van der Waals surface area contributed by atoms with Crippen LogP contribution in [0.5, 0.6) is 11.5 Å². The number of benzene rings is 2. The zero-order valence-electron chi connectivity index (χ0n) is 11.0. The Labute approximate surface area is 132 Å². The van der Waals surface area contributed by atoms with Gasteiger partial charge in [-0.25, -0.2) is 0 Å². The molecular formula is C16H14BrClO2. The Balaban J connectivity index is 2.23. The summed E-state index contributed by atoms with van der Waals surface area (Å²) in [5.74, 6) is 1.36. The van der Waals surface area contributed by atoms with Gasteiger partial charge in [0.15, 0.2) is 11.5 Å². The number of halogens is 2. The first-order chi connectivity index (χ1) is 9.74. The van der Waals surface area contributed by atoms with Gasteiger partial charge in [0.1, 0.15) is 6.61 Å². The summed E-state index contributed by atoms with van der Waals surface area (Å²) in [4.78, 5) is 0. The summed E-state index contributed by atoms with van der Waals surface area (Å²) >= 11 is 9.11. The van der Waals surface area contributed by atoms with E-state index >= 15 is 0 Å². The van der Waals surface area contributed by atoms with Gasteiger partial charge in [0.05, 0.1) is 7.11 Å². The lowest BCUT2D eigenvalue weighted by atomic mass is 10.2. The summed E-state index contributed by atoms with van der Waals surface area (Å²) < 4.78 is 12.1. The van der Waals surface area contributed by atoms with E-state index in [0.717, 1.165) is 15.6 Å². The third-order valence-electron chi connectivity index (χ3n) is 2.76. The minimum absolute atomic E-state index is 0.489. The summed E-state index contributed by atoms with van der Waals surface area (Å²) in [6.07, 6.45) is 1.79. The van der Waals surface area contributed by atoms with Crippen molar-refractivity contribution in [1.82, 2.24) is 0 Å². The normalized spacial score (nSPS) is 10.8. The van der Waals surface area contributed by atoms with E-state index in [1.165, 1.54) is 5.54 Å². The highest BCUT2D eigenvalue weighted by Crippen LogP contribution is 2.34. The zero-order valence-corrected chi connectivity index (χ0v) is 13.3. The molecule has 0 aromatic heterocycles. The molecule has 0 saturated carbocycles. The molecular weight excluding hydrogens is 340 g/mol. The third-order valence-corrected chi connectivity index (χ3v) is 3.58.